The van der Waals surface area contributed by atoms with Crippen LogP contribution in [0.5, 0.6) is 0 Å². The van der Waals surface area contributed by atoms with Crippen molar-refractivity contribution in [3.63, 3.8) is 0 Å². The number of methoxy groups -OCH3 is 1. The highest BCUT2D eigenvalue weighted by molar-refractivity contribution is 7.14. The molecule has 1 saturated heterocycles. The number of nitrogens with one attached hydrogen (secondary N) is 1. The second-order valence-corrected chi connectivity index (χ2v) is 7.39. The topological polar surface area (TPSA) is 58.6 Å². The fraction of sp³-hybridized carbons (Fsp3) is 0.600. The predicted molar refractivity (Wildman–Crippen MR) is 84.0 cm³/mol. The maximum absolute atomic E-state index is 12.0. The van der Waals surface area contributed by atoms with Crippen LogP contribution in [0, 0.1) is 0 Å². The Labute approximate surface area is 129 Å². The molecule has 0 saturated carbocycles. The van der Waals surface area contributed by atoms with Crippen LogP contribution in [0.3, 0.4) is 0 Å². The largest absolute Gasteiger partial charge is 0.465 e. The van der Waals surface area contributed by atoms with Gasteiger partial charge in [-0.15, -0.1) is 11.3 Å². The number of ether oxygens (including phenoxy) is 1. The number of hydrogen-bond donors (Lipinski definition) is 1. The highest BCUT2D eigenvalue weighted by Crippen LogP contribution is 2.36. The Bertz CT molecular complexity index is 560. The number of carbonyl (C=O) groups excluding carboxylic acids is 2. The summed E-state index contributed by atoms with van der Waals surface area (Å²) in [5.41, 5.74) is 0.648. The summed E-state index contributed by atoms with van der Waals surface area (Å²) in [6, 6.07) is 1.70. The molecule has 116 valence electrons. The number of amides is 1. The highest BCUT2D eigenvalue weighted by Gasteiger charge is 2.31. The standard InChI is InChI=1S/C15H22N2O3S/c1-15(2,3)11-8-10(12(21-11)14(19)20-5)16-9-6-7-17(4)13(9)18/h8-9,16H,6-7H2,1-5H3/t9-/m0/s1. The molecule has 0 bridgehead atoms. The van der Waals surface area contributed by atoms with Crippen molar-refractivity contribution in [2.24, 2.45) is 0 Å². The molecule has 1 aliphatic rings. The maximum Gasteiger partial charge on any atom is 0.350 e. The molecule has 1 fully saturated rings. The smallest absolute Gasteiger partial charge is 0.350 e. The van der Waals surface area contributed by atoms with E-state index in [0.29, 0.717) is 10.6 Å². The summed E-state index contributed by atoms with van der Waals surface area (Å²) in [5.74, 6) is -0.300. The van der Waals surface area contributed by atoms with E-state index in [-0.39, 0.29) is 23.3 Å². The quantitative estimate of drug-likeness (QED) is 0.871. The minimum Gasteiger partial charge on any atom is -0.465 e. The van der Waals surface area contributed by atoms with Gasteiger partial charge in [-0.1, -0.05) is 20.8 Å². The van der Waals surface area contributed by atoms with Crippen LogP contribution < -0.4 is 5.32 Å². The molecule has 1 amide bonds. The van der Waals surface area contributed by atoms with Crippen molar-refractivity contribution in [3.05, 3.63) is 15.8 Å². The van der Waals surface area contributed by atoms with Gasteiger partial charge in [0.1, 0.15) is 10.9 Å². The van der Waals surface area contributed by atoms with E-state index in [2.05, 4.69) is 26.1 Å². The molecule has 1 aromatic rings. The van der Waals surface area contributed by atoms with E-state index < -0.39 is 0 Å². The number of thiophene rings is 1. The molecule has 2 rings (SSSR count). The molecule has 0 radical (unpaired) electrons. The molecular formula is C15H22N2O3S. The second kappa shape index (κ2) is 5.67. The zero-order chi connectivity index (χ0) is 15.8. The lowest BCUT2D eigenvalue weighted by atomic mass is 9.94. The SMILES string of the molecule is COC(=O)c1sc(C(C)(C)C)cc1N[C@H]1CCN(C)C1=O. The lowest BCUT2D eigenvalue weighted by Crippen LogP contribution is -2.31. The summed E-state index contributed by atoms with van der Waals surface area (Å²) in [5, 5.41) is 3.22. The zero-order valence-electron chi connectivity index (χ0n) is 13.1. The Hall–Kier alpha value is -1.56. The molecule has 2 heterocycles. The fourth-order valence-electron chi connectivity index (χ4n) is 2.26. The lowest BCUT2D eigenvalue weighted by Gasteiger charge is -2.15. The first-order valence-corrected chi connectivity index (χ1v) is 7.80. The molecule has 0 spiro atoms. The molecule has 6 heteroatoms. The summed E-state index contributed by atoms with van der Waals surface area (Å²) in [7, 11) is 3.16. The van der Waals surface area contributed by atoms with Gasteiger partial charge >= 0.3 is 5.97 Å². The van der Waals surface area contributed by atoms with Gasteiger partial charge in [0, 0.05) is 18.5 Å². The summed E-state index contributed by atoms with van der Waals surface area (Å²) < 4.78 is 4.85. The molecule has 1 aromatic heterocycles. The van der Waals surface area contributed by atoms with Crippen molar-refractivity contribution in [2.75, 3.05) is 26.0 Å². The van der Waals surface area contributed by atoms with Crippen LogP contribution in [0.25, 0.3) is 0 Å². The van der Waals surface area contributed by atoms with Crippen LogP contribution >= 0.6 is 11.3 Å². The molecule has 21 heavy (non-hydrogen) atoms. The molecular weight excluding hydrogens is 288 g/mol. The second-order valence-electron chi connectivity index (χ2n) is 6.34. The Balaban J connectivity index is 2.31. The minimum absolute atomic E-state index is 0.0517. The monoisotopic (exact) mass is 310 g/mol. The third-order valence-corrected chi connectivity index (χ3v) is 5.14. The van der Waals surface area contributed by atoms with Crippen molar-refractivity contribution in [1.29, 1.82) is 0 Å². The molecule has 0 aromatic carbocycles. The van der Waals surface area contributed by atoms with Gasteiger partial charge in [0.2, 0.25) is 5.91 Å². The molecule has 1 atom stereocenters. The van der Waals surface area contributed by atoms with Gasteiger partial charge in [-0.3, -0.25) is 4.79 Å². The fourth-order valence-corrected chi connectivity index (χ4v) is 3.35. The van der Waals surface area contributed by atoms with E-state index in [0.717, 1.165) is 17.8 Å². The number of carbonyl (C=O) groups is 2. The number of esters is 1. The zero-order valence-corrected chi connectivity index (χ0v) is 14.0. The first-order chi connectivity index (χ1) is 9.74. The van der Waals surface area contributed by atoms with Gasteiger partial charge < -0.3 is 15.0 Å². The van der Waals surface area contributed by atoms with Crippen LogP contribution in [-0.4, -0.2) is 43.5 Å². The first kappa shape index (κ1) is 15.8. The maximum atomic E-state index is 12.0. The van der Waals surface area contributed by atoms with Crippen LogP contribution in [-0.2, 0) is 14.9 Å². The number of hydrogen-bond acceptors (Lipinski definition) is 5. The van der Waals surface area contributed by atoms with Crippen LogP contribution in [0.4, 0.5) is 5.69 Å². The van der Waals surface area contributed by atoms with Gasteiger partial charge in [-0.25, -0.2) is 4.79 Å². The van der Waals surface area contributed by atoms with Crippen molar-refractivity contribution in [3.8, 4) is 0 Å². The van der Waals surface area contributed by atoms with Crippen molar-refractivity contribution >= 4 is 28.9 Å². The van der Waals surface area contributed by atoms with Crippen molar-refractivity contribution < 1.29 is 14.3 Å². The van der Waals surface area contributed by atoms with Crippen LogP contribution in [0.1, 0.15) is 41.7 Å². The van der Waals surface area contributed by atoms with Crippen LogP contribution in [0.2, 0.25) is 0 Å². The minimum atomic E-state index is -0.364. The Kier molecular flexibility index (Phi) is 4.27. The van der Waals surface area contributed by atoms with Gasteiger partial charge in [0.05, 0.1) is 12.8 Å². The molecule has 0 aliphatic carbocycles. The van der Waals surface area contributed by atoms with Gasteiger partial charge in [-0.2, -0.15) is 0 Å². The number of nitrogens with zero attached hydrogens (tertiary/aromatic N) is 1. The van der Waals surface area contributed by atoms with E-state index in [1.54, 1.807) is 11.9 Å². The Morgan fingerprint density at radius 2 is 2.14 bits per heavy atom. The van der Waals surface area contributed by atoms with Gasteiger partial charge in [0.15, 0.2) is 0 Å². The molecule has 5 nitrogen and oxygen atoms in total. The summed E-state index contributed by atoms with van der Waals surface area (Å²) in [6.07, 6.45) is 0.747. The lowest BCUT2D eigenvalue weighted by molar-refractivity contribution is -0.127. The first-order valence-electron chi connectivity index (χ1n) is 6.98. The molecule has 0 unspecified atom stereocenters. The predicted octanol–water partition coefficient (Wildman–Crippen LogP) is 2.47. The number of likely N-dealkylation sites (N-methyl/N-ethyl adjacent to an activating group) is 1. The van der Waals surface area contributed by atoms with E-state index in [9.17, 15) is 9.59 Å². The summed E-state index contributed by atoms with van der Waals surface area (Å²) in [4.78, 5) is 27.3. The number of anilines is 1. The van der Waals surface area contributed by atoms with E-state index in [1.807, 2.05) is 6.07 Å². The Morgan fingerprint density at radius 1 is 1.48 bits per heavy atom. The van der Waals surface area contributed by atoms with E-state index >= 15 is 0 Å². The van der Waals surface area contributed by atoms with Gasteiger partial charge in [0.25, 0.3) is 0 Å². The normalized spacial score (nSPS) is 19.0. The van der Waals surface area contributed by atoms with E-state index in [4.69, 9.17) is 4.74 Å². The summed E-state index contributed by atoms with van der Waals surface area (Å²) >= 11 is 1.42. The van der Waals surface area contributed by atoms with Crippen molar-refractivity contribution in [2.45, 2.75) is 38.6 Å². The number of likely N-dealkylation sites (tertiary alicyclic amines) is 1. The van der Waals surface area contributed by atoms with Gasteiger partial charge in [-0.05, 0) is 17.9 Å². The summed E-state index contributed by atoms with van der Waals surface area (Å²) in [6.45, 7) is 7.02. The highest BCUT2D eigenvalue weighted by atomic mass is 32.1. The Morgan fingerprint density at radius 3 is 2.62 bits per heavy atom. The molecule has 1 aliphatic heterocycles. The number of rotatable bonds is 3. The van der Waals surface area contributed by atoms with Crippen LogP contribution in [0.15, 0.2) is 6.07 Å². The van der Waals surface area contributed by atoms with Crippen molar-refractivity contribution in [1.82, 2.24) is 4.90 Å². The molecule has 1 N–H and O–H groups in total. The third kappa shape index (κ3) is 3.20. The average Bonchev–Trinajstić information content (AvgIpc) is 2.97. The van der Waals surface area contributed by atoms with E-state index in [1.165, 1.54) is 18.4 Å². The third-order valence-electron chi connectivity index (χ3n) is 3.60. The average molecular weight is 310 g/mol.